The van der Waals surface area contributed by atoms with Gasteiger partial charge in [0.1, 0.15) is 0 Å². The Morgan fingerprint density at radius 3 is 2.71 bits per heavy atom. The molecule has 6 heteroatoms. The van der Waals surface area contributed by atoms with Gasteiger partial charge in [-0.25, -0.2) is 4.98 Å². The fourth-order valence-corrected chi connectivity index (χ4v) is 2.94. The second-order valence-corrected chi connectivity index (χ2v) is 5.82. The van der Waals surface area contributed by atoms with Crippen LogP contribution in [0.25, 0.3) is 16.9 Å². The third-order valence-corrected chi connectivity index (χ3v) is 4.20. The lowest BCUT2D eigenvalue weighted by Crippen LogP contribution is -2.32. The first-order chi connectivity index (χ1) is 11.8. The van der Waals surface area contributed by atoms with Gasteiger partial charge in [-0.05, 0) is 12.8 Å². The Labute approximate surface area is 139 Å². The lowest BCUT2D eigenvalue weighted by atomic mass is 10.1. The smallest absolute Gasteiger partial charge is 0.260 e. The molecule has 1 aliphatic heterocycles. The molecule has 0 atom stereocenters. The quantitative estimate of drug-likeness (QED) is 0.740. The van der Waals surface area contributed by atoms with Crippen molar-refractivity contribution in [3.63, 3.8) is 0 Å². The molecule has 0 N–H and O–H groups in total. The van der Waals surface area contributed by atoms with Crippen LogP contribution in [0.4, 0.5) is 0 Å². The normalized spacial score (nSPS) is 14.2. The molecule has 1 aromatic carbocycles. The molecule has 0 unspecified atom stereocenters. The number of likely N-dealkylation sites (tertiary alicyclic amines) is 1. The average Bonchev–Trinajstić information content (AvgIpc) is 3.31. The summed E-state index contributed by atoms with van der Waals surface area (Å²) in [7, 11) is 0. The van der Waals surface area contributed by atoms with Crippen molar-refractivity contribution in [2.75, 3.05) is 19.7 Å². The highest BCUT2D eigenvalue weighted by atomic mass is 16.5. The van der Waals surface area contributed by atoms with Crippen molar-refractivity contribution in [2.24, 2.45) is 0 Å². The number of carbonyl (C=O) groups excluding carboxylic acids is 1. The van der Waals surface area contributed by atoms with Gasteiger partial charge in [0, 0.05) is 30.8 Å². The van der Waals surface area contributed by atoms with E-state index in [1.807, 2.05) is 47.4 Å². The number of carbonyl (C=O) groups is 1. The van der Waals surface area contributed by atoms with Crippen LogP contribution in [0.15, 0.2) is 48.7 Å². The van der Waals surface area contributed by atoms with Crippen LogP contribution in [0.2, 0.25) is 0 Å². The summed E-state index contributed by atoms with van der Waals surface area (Å²) in [6.07, 6.45) is 3.82. The molecule has 0 saturated carbocycles. The van der Waals surface area contributed by atoms with E-state index in [0.29, 0.717) is 11.5 Å². The predicted octanol–water partition coefficient (Wildman–Crippen LogP) is 2.40. The first kappa shape index (κ1) is 14.7. The fourth-order valence-electron chi connectivity index (χ4n) is 2.94. The highest BCUT2D eigenvalue weighted by Gasteiger charge is 2.19. The maximum Gasteiger partial charge on any atom is 0.260 e. The van der Waals surface area contributed by atoms with Gasteiger partial charge >= 0.3 is 0 Å². The van der Waals surface area contributed by atoms with Crippen LogP contribution in [-0.2, 0) is 4.79 Å². The molecule has 6 nitrogen and oxygen atoms in total. The topological polar surface area (TPSA) is 59.7 Å². The Balaban J connectivity index is 1.61. The third-order valence-electron chi connectivity index (χ3n) is 4.20. The van der Waals surface area contributed by atoms with Gasteiger partial charge in [0.05, 0.1) is 11.9 Å². The van der Waals surface area contributed by atoms with E-state index in [1.54, 1.807) is 10.7 Å². The van der Waals surface area contributed by atoms with Crippen LogP contribution in [0.3, 0.4) is 0 Å². The summed E-state index contributed by atoms with van der Waals surface area (Å²) in [5, 5.41) is 4.23. The van der Waals surface area contributed by atoms with Gasteiger partial charge in [-0.15, -0.1) is 0 Å². The molecule has 0 aliphatic carbocycles. The molecule has 4 rings (SSSR count). The zero-order valence-corrected chi connectivity index (χ0v) is 13.3. The first-order valence-electron chi connectivity index (χ1n) is 8.12. The number of ether oxygens (including phenoxy) is 1. The summed E-state index contributed by atoms with van der Waals surface area (Å²) in [6.45, 7) is 1.67. The lowest BCUT2D eigenvalue weighted by molar-refractivity contribution is -0.132. The second kappa shape index (κ2) is 6.31. The molecule has 122 valence electrons. The van der Waals surface area contributed by atoms with Gasteiger partial charge in [0.2, 0.25) is 5.88 Å². The van der Waals surface area contributed by atoms with E-state index in [4.69, 9.17) is 4.74 Å². The first-order valence-corrected chi connectivity index (χ1v) is 8.12. The monoisotopic (exact) mass is 322 g/mol. The maximum atomic E-state index is 12.2. The van der Waals surface area contributed by atoms with Crippen molar-refractivity contribution >= 4 is 11.6 Å². The predicted molar refractivity (Wildman–Crippen MR) is 89.7 cm³/mol. The molecule has 0 bridgehead atoms. The summed E-state index contributed by atoms with van der Waals surface area (Å²) in [6, 6.07) is 13.5. The lowest BCUT2D eigenvalue weighted by Gasteiger charge is -2.16. The second-order valence-electron chi connectivity index (χ2n) is 5.82. The van der Waals surface area contributed by atoms with Gasteiger partial charge in [-0.1, -0.05) is 30.3 Å². The van der Waals surface area contributed by atoms with Crippen LogP contribution >= 0.6 is 0 Å². The Hall–Kier alpha value is -2.89. The van der Waals surface area contributed by atoms with E-state index in [1.165, 1.54) is 0 Å². The summed E-state index contributed by atoms with van der Waals surface area (Å²) in [4.78, 5) is 18.6. The van der Waals surface area contributed by atoms with E-state index in [9.17, 15) is 4.79 Å². The van der Waals surface area contributed by atoms with Crippen molar-refractivity contribution in [3.05, 3.63) is 48.7 Å². The van der Waals surface area contributed by atoms with Gasteiger partial charge in [-0.2, -0.15) is 9.61 Å². The third kappa shape index (κ3) is 2.82. The Morgan fingerprint density at radius 1 is 1.12 bits per heavy atom. The summed E-state index contributed by atoms with van der Waals surface area (Å²) >= 11 is 0. The number of rotatable bonds is 4. The number of aromatic nitrogens is 3. The SMILES string of the molecule is O=C(COc1cc(-c2ccccc2)nc2ccnn12)N1CCCC1. The molecule has 0 spiro atoms. The van der Waals surface area contributed by atoms with Crippen LogP contribution in [0, 0.1) is 0 Å². The van der Waals surface area contributed by atoms with Crippen molar-refractivity contribution in [1.29, 1.82) is 0 Å². The highest BCUT2D eigenvalue weighted by molar-refractivity contribution is 5.78. The molecule has 0 radical (unpaired) electrons. The van der Waals surface area contributed by atoms with Crippen LogP contribution in [-0.4, -0.2) is 45.1 Å². The maximum absolute atomic E-state index is 12.2. The van der Waals surface area contributed by atoms with Crippen LogP contribution in [0.5, 0.6) is 5.88 Å². The molecular formula is C18H18N4O2. The summed E-state index contributed by atoms with van der Waals surface area (Å²) < 4.78 is 7.40. The van der Waals surface area contributed by atoms with Crippen molar-refractivity contribution in [2.45, 2.75) is 12.8 Å². The van der Waals surface area contributed by atoms with E-state index >= 15 is 0 Å². The Bertz CT molecular complexity index is 854. The number of fused-ring (bicyclic) bond motifs is 1. The molecule has 24 heavy (non-hydrogen) atoms. The molecule has 1 fully saturated rings. The molecule has 3 aromatic rings. The van der Waals surface area contributed by atoms with E-state index in [0.717, 1.165) is 37.2 Å². The van der Waals surface area contributed by atoms with Gasteiger partial charge < -0.3 is 9.64 Å². The number of hydrogen-bond acceptors (Lipinski definition) is 4. The highest BCUT2D eigenvalue weighted by Crippen LogP contribution is 2.23. The number of hydrogen-bond donors (Lipinski definition) is 0. The van der Waals surface area contributed by atoms with Gasteiger partial charge in [0.15, 0.2) is 12.3 Å². The fraction of sp³-hybridized carbons (Fsp3) is 0.278. The van der Waals surface area contributed by atoms with Gasteiger partial charge in [-0.3, -0.25) is 4.79 Å². The zero-order chi connectivity index (χ0) is 16.4. The molecule has 1 saturated heterocycles. The number of nitrogens with zero attached hydrogens (tertiary/aromatic N) is 4. The van der Waals surface area contributed by atoms with Gasteiger partial charge in [0.25, 0.3) is 5.91 Å². The minimum Gasteiger partial charge on any atom is -0.467 e. The molecule has 1 amide bonds. The molecular weight excluding hydrogens is 304 g/mol. The molecule has 1 aliphatic rings. The molecule has 2 aromatic heterocycles. The largest absolute Gasteiger partial charge is 0.467 e. The summed E-state index contributed by atoms with van der Waals surface area (Å²) in [5.41, 5.74) is 2.49. The summed E-state index contributed by atoms with van der Waals surface area (Å²) in [5.74, 6) is 0.544. The van der Waals surface area contributed by atoms with Crippen molar-refractivity contribution in [1.82, 2.24) is 19.5 Å². The van der Waals surface area contributed by atoms with E-state index in [-0.39, 0.29) is 12.5 Å². The van der Waals surface area contributed by atoms with E-state index < -0.39 is 0 Å². The van der Waals surface area contributed by atoms with Crippen molar-refractivity contribution in [3.8, 4) is 17.1 Å². The minimum absolute atomic E-state index is 0.0193. The van der Waals surface area contributed by atoms with E-state index in [2.05, 4.69) is 10.1 Å². The zero-order valence-electron chi connectivity index (χ0n) is 13.3. The minimum atomic E-state index is 0.0193. The Morgan fingerprint density at radius 2 is 1.92 bits per heavy atom. The standard InChI is InChI=1S/C18H18N4O2/c23-17(21-10-4-5-11-21)13-24-18-12-15(14-6-2-1-3-7-14)20-16-8-9-19-22(16)18/h1-3,6-9,12H,4-5,10-11,13H2. The van der Waals surface area contributed by atoms with Crippen LogP contribution in [0.1, 0.15) is 12.8 Å². The van der Waals surface area contributed by atoms with Crippen molar-refractivity contribution < 1.29 is 9.53 Å². The number of amides is 1. The average molecular weight is 322 g/mol. The molecule has 3 heterocycles. The van der Waals surface area contributed by atoms with Crippen LogP contribution < -0.4 is 4.74 Å². The number of benzene rings is 1. The Kier molecular flexibility index (Phi) is 3.86.